The van der Waals surface area contributed by atoms with Crippen LogP contribution in [0.3, 0.4) is 0 Å². The lowest BCUT2D eigenvalue weighted by molar-refractivity contribution is -0.118. The highest BCUT2D eigenvalue weighted by Gasteiger charge is 2.23. The molecule has 1 heterocycles. The number of hydrogen-bond acceptors (Lipinski definition) is 2. The van der Waals surface area contributed by atoms with Crippen molar-refractivity contribution in [2.45, 2.75) is 12.8 Å². The van der Waals surface area contributed by atoms with Gasteiger partial charge in [0.2, 0.25) is 5.91 Å². The number of amides is 1. The molecule has 1 aromatic rings. The molecule has 3 nitrogen and oxygen atoms in total. The van der Waals surface area contributed by atoms with E-state index >= 15 is 0 Å². The van der Waals surface area contributed by atoms with Crippen LogP contribution in [0, 0.1) is 17.1 Å². The topological polar surface area (TPSA) is 44.1 Å². The average Bonchev–Trinajstić information content (AvgIpc) is 2.22. The summed E-state index contributed by atoms with van der Waals surface area (Å²) in [5.41, 5.74) is 1.46. The molecular weight excluding hydrogens is 195 g/mol. The molecule has 0 radical (unpaired) electrons. The van der Waals surface area contributed by atoms with Crippen molar-refractivity contribution in [3.05, 3.63) is 29.6 Å². The molecule has 76 valence electrons. The molecule has 0 fully saturated rings. The first-order valence-electron chi connectivity index (χ1n) is 4.68. The largest absolute Gasteiger partial charge is 0.298 e. The van der Waals surface area contributed by atoms with Crippen LogP contribution in [0.15, 0.2) is 18.2 Å². The van der Waals surface area contributed by atoms with Crippen LogP contribution in [-0.4, -0.2) is 12.5 Å². The van der Waals surface area contributed by atoms with E-state index in [0.29, 0.717) is 18.5 Å². The van der Waals surface area contributed by atoms with Crippen LogP contribution in [0.4, 0.5) is 10.1 Å². The highest BCUT2D eigenvalue weighted by atomic mass is 19.1. The van der Waals surface area contributed by atoms with Gasteiger partial charge in [0.15, 0.2) is 0 Å². The fourth-order valence-electron chi connectivity index (χ4n) is 1.77. The van der Waals surface area contributed by atoms with Crippen LogP contribution in [0.1, 0.15) is 12.0 Å². The van der Waals surface area contributed by atoms with E-state index in [1.54, 1.807) is 6.07 Å². The fourth-order valence-corrected chi connectivity index (χ4v) is 1.77. The highest BCUT2D eigenvalue weighted by molar-refractivity contribution is 5.96. The summed E-state index contributed by atoms with van der Waals surface area (Å²) in [5.74, 6) is -0.379. The minimum absolute atomic E-state index is 0.0253. The predicted molar refractivity (Wildman–Crippen MR) is 52.7 cm³/mol. The predicted octanol–water partition coefficient (Wildman–Crippen LogP) is 1.63. The van der Waals surface area contributed by atoms with E-state index in [4.69, 9.17) is 5.26 Å². The Balaban J connectivity index is 2.44. The van der Waals surface area contributed by atoms with E-state index in [0.717, 1.165) is 5.56 Å². The van der Waals surface area contributed by atoms with Crippen LogP contribution >= 0.6 is 0 Å². The number of rotatable bonds is 1. The van der Waals surface area contributed by atoms with Gasteiger partial charge >= 0.3 is 0 Å². The Morgan fingerprint density at radius 2 is 2.27 bits per heavy atom. The maximum absolute atomic E-state index is 12.9. The number of benzene rings is 1. The second kappa shape index (κ2) is 3.70. The molecule has 0 saturated carbocycles. The molecule has 0 unspecified atom stereocenters. The molecule has 2 rings (SSSR count). The summed E-state index contributed by atoms with van der Waals surface area (Å²) >= 11 is 0. The smallest absolute Gasteiger partial charge is 0.228 e. The van der Waals surface area contributed by atoms with E-state index in [2.05, 4.69) is 0 Å². The van der Waals surface area contributed by atoms with Gasteiger partial charge in [-0.1, -0.05) is 0 Å². The molecule has 0 atom stereocenters. The van der Waals surface area contributed by atoms with Gasteiger partial charge in [-0.3, -0.25) is 9.69 Å². The second-order valence-electron chi connectivity index (χ2n) is 3.41. The minimum Gasteiger partial charge on any atom is -0.298 e. The number of halogens is 1. The normalized spacial score (nSPS) is 14.7. The molecule has 15 heavy (non-hydrogen) atoms. The molecule has 1 aliphatic heterocycles. The van der Waals surface area contributed by atoms with Gasteiger partial charge in [0.1, 0.15) is 12.4 Å². The number of hydrogen-bond donors (Lipinski definition) is 0. The van der Waals surface area contributed by atoms with E-state index in [1.807, 2.05) is 6.07 Å². The SMILES string of the molecule is N#CCN1C(=O)CCc2cc(F)ccc21. The van der Waals surface area contributed by atoms with Crippen LogP contribution in [0.5, 0.6) is 0 Å². The minimum atomic E-state index is -0.306. The van der Waals surface area contributed by atoms with Gasteiger partial charge in [0.25, 0.3) is 0 Å². The van der Waals surface area contributed by atoms with Gasteiger partial charge < -0.3 is 0 Å². The fraction of sp³-hybridized carbons (Fsp3) is 0.273. The number of carbonyl (C=O) groups is 1. The monoisotopic (exact) mass is 204 g/mol. The van der Waals surface area contributed by atoms with Crippen molar-refractivity contribution in [2.75, 3.05) is 11.4 Å². The summed E-state index contributed by atoms with van der Waals surface area (Å²) in [4.78, 5) is 12.9. The maximum atomic E-state index is 12.9. The van der Waals surface area contributed by atoms with Gasteiger partial charge in [0, 0.05) is 12.1 Å². The van der Waals surface area contributed by atoms with E-state index in [9.17, 15) is 9.18 Å². The van der Waals surface area contributed by atoms with Crippen LogP contribution in [0.2, 0.25) is 0 Å². The summed E-state index contributed by atoms with van der Waals surface area (Å²) < 4.78 is 12.9. The summed E-state index contributed by atoms with van der Waals surface area (Å²) in [5, 5.41) is 8.60. The zero-order valence-corrected chi connectivity index (χ0v) is 8.03. The molecule has 0 bridgehead atoms. The van der Waals surface area contributed by atoms with Crippen molar-refractivity contribution in [1.29, 1.82) is 5.26 Å². The van der Waals surface area contributed by atoms with Crippen molar-refractivity contribution < 1.29 is 9.18 Å². The lowest BCUT2D eigenvalue weighted by Crippen LogP contribution is -2.35. The van der Waals surface area contributed by atoms with Crippen LogP contribution in [-0.2, 0) is 11.2 Å². The lowest BCUT2D eigenvalue weighted by atomic mass is 10.0. The molecule has 1 aliphatic rings. The Morgan fingerprint density at radius 3 is 3.00 bits per heavy atom. The summed E-state index contributed by atoms with van der Waals surface area (Å²) in [6.07, 6.45) is 0.895. The number of nitrogens with zero attached hydrogens (tertiary/aromatic N) is 2. The summed E-state index contributed by atoms with van der Waals surface area (Å²) in [6, 6.07) is 6.22. The number of fused-ring (bicyclic) bond motifs is 1. The molecule has 1 amide bonds. The van der Waals surface area contributed by atoms with Gasteiger partial charge in [-0.2, -0.15) is 5.26 Å². The molecule has 0 saturated heterocycles. The number of aryl methyl sites for hydroxylation is 1. The van der Waals surface area contributed by atoms with Gasteiger partial charge in [0.05, 0.1) is 6.07 Å². The Hall–Kier alpha value is -1.89. The summed E-state index contributed by atoms with van der Waals surface area (Å²) in [7, 11) is 0. The highest BCUT2D eigenvalue weighted by Crippen LogP contribution is 2.27. The van der Waals surface area contributed by atoms with Gasteiger partial charge in [-0.15, -0.1) is 0 Å². The van der Waals surface area contributed by atoms with Crippen molar-refractivity contribution in [3.8, 4) is 6.07 Å². The summed E-state index contributed by atoms with van der Waals surface area (Å²) in [6.45, 7) is 0.0253. The van der Waals surface area contributed by atoms with Gasteiger partial charge in [-0.05, 0) is 30.2 Å². The van der Waals surface area contributed by atoms with E-state index in [1.165, 1.54) is 17.0 Å². The molecule has 0 N–H and O–H groups in total. The number of carbonyl (C=O) groups excluding carboxylic acids is 1. The number of nitriles is 1. The Kier molecular flexibility index (Phi) is 2.38. The third kappa shape index (κ3) is 1.68. The van der Waals surface area contributed by atoms with Crippen LogP contribution in [0.25, 0.3) is 0 Å². The van der Waals surface area contributed by atoms with Gasteiger partial charge in [-0.25, -0.2) is 4.39 Å². The lowest BCUT2D eigenvalue weighted by Gasteiger charge is -2.27. The average molecular weight is 204 g/mol. The third-order valence-electron chi connectivity index (χ3n) is 2.47. The standard InChI is InChI=1S/C11H9FN2O/c12-9-2-3-10-8(7-9)1-4-11(15)14(10)6-5-13/h2-3,7H,1,4,6H2. The maximum Gasteiger partial charge on any atom is 0.228 e. The Morgan fingerprint density at radius 1 is 1.47 bits per heavy atom. The number of anilines is 1. The van der Waals surface area contributed by atoms with Crippen molar-refractivity contribution in [3.63, 3.8) is 0 Å². The molecule has 0 aromatic heterocycles. The molecular formula is C11H9FN2O. The third-order valence-corrected chi connectivity index (χ3v) is 2.47. The quantitative estimate of drug-likeness (QED) is 0.652. The van der Waals surface area contributed by atoms with E-state index in [-0.39, 0.29) is 18.3 Å². The first-order chi connectivity index (χ1) is 7.22. The molecule has 1 aromatic carbocycles. The Labute approximate surface area is 86.7 Å². The Bertz CT molecular complexity index is 450. The van der Waals surface area contributed by atoms with Crippen LogP contribution < -0.4 is 4.90 Å². The second-order valence-corrected chi connectivity index (χ2v) is 3.41. The zero-order valence-electron chi connectivity index (χ0n) is 8.03. The van der Waals surface area contributed by atoms with Crippen molar-refractivity contribution in [2.24, 2.45) is 0 Å². The van der Waals surface area contributed by atoms with Crippen molar-refractivity contribution in [1.82, 2.24) is 0 Å². The van der Waals surface area contributed by atoms with Crippen molar-refractivity contribution >= 4 is 11.6 Å². The molecule has 0 spiro atoms. The van der Waals surface area contributed by atoms with E-state index < -0.39 is 0 Å². The molecule has 4 heteroatoms. The first kappa shape index (κ1) is 9.66. The molecule has 0 aliphatic carbocycles. The first-order valence-corrected chi connectivity index (χ1v) is 4.68. The zero-order chi connectivity index (χ0) is 10.8.